The summed E-state index contributed by atoms with van der Waals surface area (Å²) in [6.45, 7) is 4.58. The number of nitrogens with two attached hydrogens (primary N) is 1. The lowest BCUT2D eigenvalue weighted by Crippen LogP contribution is -2.52. The molecule has 1 saturated heterocycles. The fourth-order valence-electron chi connectivity index (χ4n) is 3.45. The maximum atomic E-state index is 12.8. The van der Waals surface area contributed by atoms with Crippen molar-refractivity contribution in [1.82, 2.24) is 9.80 Å². The van der Waals surface area contributed by atoms with E-state index in [-0.39, 0.29) is 11.9 Å². The van der Waals surface area contributed by atoms with Crippen LogP contribution < -0.4 is 5.14 Å². The van der Waals surface area contributed by atoms with Gasteiger partial charge in [0.1, 0.15) is 0 Å². The van der Waals surface area contributed by atoms with Gasteiger partial charge in [0.25, 0.3) is 0 Å². The van der Waals surface area contributed by atoms with Crippen molar-refractivity contribution in [2.45, 2.75) is 44.0 Å². The summed E-state index contributed by atoms with van der Waals surface area (Å²) >= 11 is 1.76. The molecule has 1 amide bonds. The highest BCUT2D eigenvalue weighted by molar-refractivity contribution is 7.89. The second kappa shape index (κ2) is 6.51. The highest BCUT2D eigenvalue weighted by Crippen LogP contribution is 2.25. The molecule has 2 N–H and O–H groups in total. The van der Waals surface area contributed by atoms with Gasteiger partial charge in [0.05, 0.1) is 11.3 Å². The Morgan fingerprint density at radius 2 is 2.04 bits per heavy atom. The molecular weight excluding hydrogens is 334 g/mol. The van der Waals surface area contributed by atoms with Gasteiger partial charge in [0.15, 0.2) is 0 Å². The first kappa shape index (κ1) is 16.9. The number of carbonyl (C=O) groups excluding carboxylic acids is 1. The lowest BCUT2D eigenvalue weighted by Gasteiger charge is -2.37. The molecule has 3 rings (SSSR count). The number of primary sulfonamides is 1. The molecule has 1 aromatic heterocycles. The molecule has 2 aliphatic rings. The molecule has 0 spiro atoms. The predicted octanol–water partition coefficient (Wildman–Crippen LogP) is 0.774. The van der Waals surface area contributed by atoms with Crippen LogP contribution in [0.1, 0.15) is 30.2 Å². The molecule has 8 heteroatoms. The number of carbonyl (C=O) groups is 1. The first-order valence-corrected chi connectivity index (χ1v) is 10.4. The lowest BCUT2D eigenvalue weighted by atomic mass is 10.1. The summed E-state index contributed by atoms with van der Waals surface area (Å²) in [6, 6.07) is 1.89. The minimum absolute atomic E-state index is 0.135. The second-order valence-electron chi connectivity index (χ2n) is 6.38. The van der Waals surface area contributed by atoms with Gasteiger partial charge in [-0.2, -0.15) is 0 Å². The van der Waals surface area contributed by atoms with Crippen LogP contribution in [-0.2, 0) is 27.8 Å². The molecule has 3 heterocycles. The summed E-state index contributed by atoms with van der Waals surface area (Å²) in [5.74, 6) is 0.135. The van der Waals surface area contributed by atoms with Gasteiger partial charge >= 0.3 is 0 Å². The molecule has 0 aromatic carbocycles. The van der Waals surface area contributed by atoms with Gasteiger partial charge in [-0.25, -0.2) is 13.6 Å². The van der Waals surface area contributed by atoms with Crippen molar-refractivity contribution in [2.24, 2.45) is 5.14 Å². The van der Waals surface area contributed by atoms with Crippen LogP contribution in [0.4, 0.5) is 0 Å². The zero-order valence-corrected chi connectivity index (χ0v) is 14.9. The van der Waals surface area contributed by atoms with Crippen molar-refractivity contribution in [1.29, 1.82) is 0 Å². The average molecular weight is 358 g/mol. The minimum atomic E-state index is -3.46. The van der Waals surface area contributed by atoms with E-state index in [0.29, 0.717) is 32.5 Å². The molecule has 0 aliphatic carbocycles. The highest BCUT2D eigenvalue weighted by atomic mass is 32.2. The van der Waals surface area contributed by atoms with E-state index in [1.807, 2.05) is 11.8 Å². The summed E-state index contributed by atoms with van der Waals surface area (Å²) in [4.78, 5) is 18.1. The van der Waals surface area contributed by atoms with E-state index in [1.54, 1.807) is 11.3 Å². The maximum Gasteiger partial charge on any atom is 0.239 e. The highest BCUT2D eigenvalue weighted by Gasteiger charge is 2.33. The normalized spacial score (nSPS) is 21.9. The summed E-state index contributed by atoms with van der Waals surface area (Å²) in [5, 5.41) is 6.84. The third-order valence-corrected chi connectivity index (χ3v) is 7.39. The zero-order chi connectivity index (χ0) is 16.6. The molecular formula is C15H23N3O3S2. The standard InChI is InChI=1S/C15H23N3O3S2/c1-11(17-6-2-13(3-7-17)23(16,20)21)15(19)18-8-4-14-12(10-18)5-9-22-14/h5,9,11,13H,2-4,6-8,10H2,1H3,(H2,16,20,21)/t11-/m0/s1. The number of likely N-dealkylation sites (tertiary alicyclic amines) is 1. The number of amides is 1. The maximum absolute atomic E-state index is 12.8. The Bertz CT molecular complexity index is 678. The fraction of sp³-hybridized carbons (Fsp3) is 0.667. The Balaban J connectivity index is 1.59. The van der Waals surface area contributed by atoms with Crippen molar-refractivity contribution in [2.75, 3.05) is 19.6 Å². The Labute approximate surface area is 141 Å². The van der Waals surface area contributed by atoms with Crippen LogP contribution in [0.2, 0.25) is 0 Å². The van der Waals surface area contributed by atoms with Crippen LogP contribution in [0.5, 0.6) is 0 Å². The van der Waals surface area contributed by atoms with E-state index in [9.17, 15) is 13.2 Å². The van der Waals surface area contributed by atoms with Crippen LogP contribution >= 0.6 is 11.3 Å². The topological polar surface area (TPSA) is 83.7 Å². The van der Waals surface area contributed by atoms with E-state index >= 15 is 0 Å². The SMILES string of the molecule is C[C@@H](C(=O)N1CCc2sccc2C1)N1CCC(S(N)(=O)=O)CC1. The number of hydrogen-bond donors (Lipinski definition) is 1. The van der Waals surface area contributed by atoms with Crippen LogP contribution in [0, 0.1) is 0 Å². The van der Waals surface area contributed by atoms with Crippen LogP contribution in [-0.4, -0.2) is 55.1 Å². The molecule has 1 atom stereocenters. The van der Waals surface area contributed by atoms with Crippen LogP contribution in [0.3, 0.4) is 0 Å². The largest absolute Gasteiger partial charge is 0.337 e. The van der Waals surface area contributed by atoms with Crippen molar-refractivity contribution >= 4 is 27.3 Å². The van der Waals surface area contributed by atoms with Crippen LogP contribution in [0.25, 0.3) is 0 Å². The fourth-order valence-corrected chi connectivity index (χ4v) is 5.21. The van der Waals surface area contributed by atoms with Crippen molar-refractivity contribution in [3.63, 3.8) is 0 Å². The molecule has 6 nitrogen and oxygen atoms in total. The molecule has 0 bridgehead atoms. The summed E-state index contributed by atoms with van der Waals surface area (Å²) in [5.41, 5.74) is 1.26. The average Bonchev–Trinajstić information content (AvgIpc) is 3.00. The number of piperidine rings is 1. The van der Waals surface area contributed by atoms with Crippen molar-refractivity contribution < 1.29 is 13.2 Å². The van der Waals surface area contributed by atoms with Crippen molar-refractivity contribution in [3.05, 3.63) is 21.9 Å². The summed E-state index contributed by atoms with van der Waals surface area (Å²) in [7, 11) is -3.46. The zero-order valence-electron chi connectivity index (χ0n) is 13.3. The molecule has 128 valence electrons. The van der Waals surface area contributed by atoms with E-state index < -0.39 is 15.3 Å². The Kier molecular flexibility index (Phi) is 4.78. The molecule has 1 fully saturated rings. The minimum Gasteiger partial charge on any atom is -0.337 e. The number of nitrogens with zero attached hydrogens (tertiary/aromatic N) is 2. The van der Waals surface area contributed by atoms with Crippen molar-refractivity contribution in [3.8, 4) is 0 Å². The smallest absolute Gasteiger partial charge is 0.239 e. The number of thiophene rings is 1. The van der Waals surface area contributed by atoms with E-state index in [2.05, 4.69) is 16.3 Å². The number of fused-ring (bicyclic) bond motifs is 1. The molecule has 1 aromatic rings. The van der Waals surface area contributed by atoms with E-state index in [0.717, 1.165) is 13.0 Å². The summed E-state index contributed by atoms with van der Waals surface area (Å²) < 4.78 is 22.8. The molecule has 2 aliphatic heterocycles. The molecule has 0 unspecified atom stereocenters. The first-order chi connectivity index (χ1) is 10.9. The number of hydrogen-bond acceptors (Lipinski definition) is 5. The van der Waals surface area contributed by atoms with Gasteiger partial charge < -0.3 is 4.90 Å². The van der Waals surface area contributed by atoms with Gasteiger partial charge in [-0.1, -0.05) is 0 Å². The van der Waals surface area contributed by atoms with Gasteiger partial charge in [-0.3, -0.25) is 9.69 Å². The molecule has 0 radical (unpaired) electrons. The Hall–Kier alpha value is -0.960. The van der Waals surface area contributed by atoms with E-state index in [1.165, 1.54) is 10.4 Å². The lowest BCUT2D eigenvalue weighted by molar-refractivity contribution is -0.137. The van der Waals surface area contributed by atoms with Gasteiger partial charge in [-0.05, 0) is 43.2 Å². The second-order valence-corrected chi connectivity index (χ2v) is 9.22. The molecule has 23 heavy (non-hydrogen) atoms. The van der Waals surface area contributed by atoms with E-state index in [4.69, 9.17) is 5.14 Å². The van der Waals surface area contributed by atoms with Crippen LogP contribution in [0.15, 0.2) is 11.4 Å². The quantitative estimate of drug-likeness (QED) is 0.866. The van der Waals surface area contributed by atoms with Gasteiger partial charge in [0, 0.05) is 31.1 Å². The monoisotopic (exact) mass is 357 g/mol. The Morgan fingerprint density at radius 3 is 2.70 bits per heavy atom. The first-order valence-electron chi connectivity index (χ1n) is 7.96. The third-order valence-electron chi connectivity index (χ3n) is 4.97. The Morgan fingerprint density at radius 1 is 1.35 bits per heavy atom. The summed E-state index contributed by atoms with van der Waals surface area (Å²) in [6.07, 6.45) is 1.94. The third kappa shape index (κ3) is 3.60. The molecule has 0 saturated carbocycles. The predicted molar refractivity (Wildman–Crippen MR) is 90.6 cm³/mol. The number of rotatable bonds is 3. The van der Waals surface area contributed by atoms with Gasteiger partial charge in [-0.15, -0.1) is 11.3 Å². The number of sulfonamides is 1. The van der Waals surface area contributed by atoms with Gasteiger partial charge in [0.2, 0.25) is 15.9 Å².